The van der Waals surface area contributed by atoms with Gasteiger partial charge in [0.05, 0.1) is 7.11 Å². The van der Waals surface area contributed by atoms with E-state index in [2.05, 4.69) is 14.9 Å². The monoisotopic (exact) mass is 300 g/mol. The first kappa shape index (κ1) is 13.6. The number of benzene rings is 1. The maximum atomic E-state index is 12.2. The average Bonchev–Trinajstić information content (AvgIpc) is 2.73. The standard InChI is InChI=1S/C10H12N4O3S2/c1-6-12-13-10(18-6)14-19(15,16)9-4-3-7(11)5-8(9)17-2/h3-5H,11H2,1-2H3,(H,13,14). The van der Waals surface area contributed by atoms with Crippen molar-refractivity contribution in [3.63, 3.8) is 0 Å². The van der Waals surface area contributed by atoms with Crippen LogP contribution < -0.4 is 15.2 Å². The van der Waals surface area contributed by atoms with Gasteiger partial charge >= 0.3 is 0 Å². The van der Waals surface area contributed by atoms with E-state index in [1.807, 2.05) is 0 Å². The molecule has 0 spiro atoms. The number of methoxy groups -OCH3 is 1. The van der Waals surface area contributed by atoms with Crippen LogP contribution in [0, 0.1) is 6.92 Å². The maximum Gasteiger partial charge on any atom is 0.267 e. The molecule has 2 rings (SSSR count). The minimum atomic E-state index is -3.78. The number of ether oxygens (including phenoxy) is 1. The topological polar surface area (TPSA) is 107 Å². The van der Waals surface area contributed by atoms with E-state index in [-0.39, 0.29) is 15.8 Å². The Bertz CT molecular complexity index is 697. The molecule has 0 unspecified atom stereocenters. The Kier molecular flexibility index (Phi) is 3.58. The minimum absolute atomic E-state index is 0.00273. The van der Waals surface area contributed by atoms with E-state index >= 15 is 0 Å². The zero-order valence-electron chi connectivity index (χ0n) is 10.2. The molecule has 102 valence electrons. The summed E-state index contributed by atoms with van der Waals surface area (Å²) in [4.78, 5) is -0.00273. The Balaban J connectivity index is 2.39. The van der Waals surface area contributed by atoms with Gasteiger partial charge in [-0.15, -0.1) is 10.2 Å². The van der Waals surface area contributed by atoms with Crippen molar-refractivity contribution in [2.45, 2.75) is 11.8 Å². The first-order valence-corrected chi connectivity index (χ1v) is 7.49. The molecule has 0 saturated heterocycles. The van der Waals surface area contributed by atoms with Crippen molar-refractivity contribution in [3.05, 3.63) is 23.2 Å². The van der Waals surface area contributed by atoms with Crippen LogP contribution in [-0.4, -0.2) is 25.7 Å². The molecule has 19 heavy (non-hydrogen) atoms. The van der Waals surface area contributed by atoms with Gasteiger partial charge in [-0.3, -0.25) is 4.72 Å². The lowest BCUT2D eigenvalue weighted by atomic mass is 10.3. The zero-order chi connectivity index (χ0) is 14.0. The Labute approximate surface area is 114 Å². The third-order valence-electron chi connectivity index (χ3n) is 2.22. The zero-order valence-corrected chi connectivity index (χ0v) is 11.9. The summed E-state index contributed by atoms with van der Waals surface area (Å²) in [6, 6.07) is 4.31. The number of hydrogen-bond donors (Lipinski definition) is 2. The van der Waals surface area contributed by atoms with E-state index in [1.165, 1.54) is 25.3 Å². The highest BCUT2D eigenvalue weighted by Crippen LogP contribution is 2.28. The van der Waals surface area contributed by atoms with Crippen molar-refractivity contribution in [1.82, 2.24) is 10.2 Å². The van der Waals surface area contributed by atoms with E-state index < -0.39 is 10.0 Å². The molecule has 2 aromatic rings. The molecule has 0 amide bonds. The number of nitrogens with two attached hydrogens (primary N) is 1. The molecule has 3 N–H and O–H groups in total. The van der Waals surface area contributed by atoms with Crippen molar-refractivity contribution in [2.75, 3.05) is 17.6 Å². The van der Waals surface area contributed by atoms with Crippen LogP contribution in [0.25, 0.3) is 0 Å². The number of aromatic nitrogens is 2. The lowest BCUT2D eigenvalue weighted by molar-refractivity contribution is 0.403. The molecule has 0 atom stereocenters. The largest absolute Gasteiger partial charge is 0.495 e. The molecule has 7 nitrogen and oxygen atoms in total. The summed E-state index contributed by atoms with van der Waals surface area (Å²) in [5.41, 5.74) is 6.01. The Morgan fingerprint density at radius 2 is 2.11 bits per heavy atom. The fraction of sp³-hybridized carbons (Fsp3) is 0.200. The number of nitrogen functional groups attached to an aromatic ring is 1. The molecule has 0 aliphatic rings. The highest BCUT2D eigenvalue weighted by Gasteiger charge is 2.21. The lowest BCUT2D eigenvalue weighted by Gasteiger charge is -2.10. The minimum Gasteiger partial charge on any atom is -0.495 e. The van der Waals surface area contributed by atoms with Crippen LogP contribution in [0.2, 0.25) is 0 Å². The number of rotatable bonds is 4. The van der Waals surface area contributed by atoms with Crippen LogP contribution >= 0.6 is 11.3 Å². The van der Waals surface area contributed by atoms with Gasteiger partial charge in [-0.2, -0.15) is 0 Å². The van der Waals surface area contributed by atoms with Gasteiger partial charge in [0.15, 0.2) is 0 Å². The number of aryl methyl sites for hydroxylation is 1. The normalized spacial score (nSPS) is 11.3. The van der Waals surface area contributed by atoms with E-state index in [9.17, 15) is 8.42 Å². The van der Waals surface area contributed by atoms with Crippen molar-refractivity contribution in [3.8, 4) is 5.75 Å². The van der Waals surface area contributed by atoms with Crippen LogP contribution in [0.4, 0.5) is 10.8 Å². The first-order chi connectivity index (χ1) is 8.92. The van der Waals surface area contributed by atoms with E-state index in [0.29, 0.717) is 10.7 Å². The van der Waals surface area contributed by atoms with Gasteiger partial charge in [-0.25, -0.2) is 8.42 Å². The molecular weight excluding hydrogens is 288 g/mol. The highest BCUT2D eigenvalue weighted by molar-refractivity contribution is 7.93. The maximum absolute atomic E-state index is 12.2. The van der Waals surface area contributed by atoms with Gasteiger partial charge in [0, 0.05) is 11.8 Å². The molecule has 1 heterocycles. The predicted molar refractivity (Wildman–Crippen MR) is 72.9 cm³/mol. The first-order valence-electron chi connectivity index (χ1n) is 5.19. The summed E-state index contributed by atoms with van der Waals surface area (Å²) >= 11 is 1.15. The molecule has 9 heteroatoms. The Morgan fingerprint density at radius 3 is 2.68 bits per heavy atom. The van der Waals surface area contributed by atoms with Gasteiger partial charge in [0.2, 0.25) is 5.13 Å². The molecule has 1 aromatic heterocycles. The van der Waals surface area contributed by atoms with E-state index in [0.717, 1.165) is 11.3 Å². The molecule has 0 aliphatic heterocycles. The second kappa shape index (κ2) is 5.02. The summed E-state index contributed by atoms with van der Waals surface area (Å²) in [7, 11) is -2.40. The van der Waals surface area contributed by atoms with Crippen LogP contribution in [0.15, 0.2) is 23.1 Å². The van der Waals surface area contributed by atoms with Crippen LogP contribution in [0.5, 0.6) is 5.75 Å². The summed E-state index contributed by atoms with van der Waals surface area (Å²) in [6.07, 6.45) is 0. The third-order valence-corrected chi connectivity index (χ3v) is 4.49. The molecular formula is C10H12N4O3S2. The van der Waals surface area contributed by atoms with Crippen LogP contribution in [-0.2, 0) is 10.0 Å². The second-order valence-corrected chi connectivity index (χ2v) is 6.47. The fourth-order valence-electron chi connectivity index (χ4n) is 1.41. The van der Waals surface area contributed by atoms with Crippen molar-refractivity contribution >= 4 is 32.2 Å². The highest BCUT2D eigenvalue weighted by atomic mass is 32.2. The van der Waals surface area contributed by atoms with E-state index in [4.69, 9.17) is 10.5 Å². The van der Waals surface area contributed by atoms with Crippen molar-refractivity contribution in [1.29, 1.82) is 0 Å². The van der Waals surface area contributed by atoms with Crippen LogP contribution in [0.1, 0.15) is 5.01 Å². The van der Waals surface area contributed by atoms with Crippen LogP contribution in [0.3, 0.4) is 0 Å². The Morgan fingerprint density at radius 1 is 1.37 bits per heavy atom. The molecule has 0 radical (unpaired) electrons. The molecule has 1 aromatic carbocycles. The fourth-order valence-corrected chi connectivity index (χ4v) is 3.39. The van der Waals surface area contributed by atoms with Gasteiger partial charge in [0.1, 0.15) is 15.7 Å². The Hall–Kier alpha value is -1.87. The quantitative estimate of drug-likeness (QED) is 0.823. The summed E-state index contributed by atoms with van der Waals surface area (Å²) in [5.74, 6) is 0.175. The number of hydrogen-bond acceptors (Lipinski definition) is 7. The van der Waals surface area contributed by atoms with Gasteiger partial charge < -0.3 is 10.5 Å². The van der Waals surface area contributed by atoms with Gasteiger partial charge in [-0.05, 0) is 19.1 Å². The number of nitrogens with one attached hydrogen (secondary N) is 1. The molecule has 0 saturated carbocycles. The smallest absolute Gasteiger partial charge is 0.267 e. The SMILES string of the molecule is COc1cc(N)ccc1S(=O)(=O)Nc1nnc(C)s1. The molecule has 0 fully saturated rings. The molecule has 0 bridgehead atoms. The van der Waals surface area contributed by atoms with Gasteiger partial charge in [-0.1, -0.05) is 11.3 Å². The van der Waals surface area contributed by atoms with Crippen molar-refractivity contribution < 1.29 is 13.2 Å². The predicted octanol–water partition coefficient (Wildman–Crippen LogP) is 1.24. The summed E-state index contributed by atoms with van der Waals surface area (Å²) in [5, 5.41) is 8.33. The summed E-state index contributed by atoms with van der Waals surface area (Å²) < 4.78 is 31.8. The summed E-state index contributed by atoms with van der Waals surface area (Å²) in [6.45, 7) is 1.74. The van der Waals surface area contributed by atoms with Crippen molar-refractivity contribution in [2.24, 2.45) is 0 Å². The average molecular weight is 300 g/mol. The number of nitrogens with zero attached hydrogens (tertiary/aromatic N) is 2. The molecule has 0 aliphatic carbocycles. The number of anilines is 2. The third kappa shape index (κ3) is 2.93. The van der Waals surface area contributed by atoms with E-state index in [1.54, 1.807) is 6.92 Å². The lowest BCUT2D eigenvalue weighted by Crippen LogP contribution is -2.14. The second-order valence-electron chi connectivity index (χ2n) is 3.64. The number of sulfonamides is 1. The van der Waals surface area contributed by atoms with Gasteiger partial charge in [0.25, 0.3) is 10.0 Å².